The Hall–Kier alpha value is -1.88. The Kier molecular flexibility index (Phi) is 5.33. The molecule has 2 rings (SSSR count). The first-order valence-corrected chi connectivity index (χ1v) is 7.24. The van der Waals surface area contributed by atoms with Gasteiger partial charge in [0.05, 0.1) is 18.6 Å². The van der Waals surface area contributed by atoms with Crippen molar-refractivity contribution in [3.8, 4) is 0 Å². The lowest BCUT2D eigenvalue weighted by atomic mass is 9.92. The van der Waals surface area contributed by atoms with Gasteiger partial charge in [0.15, 0.2) is 0 Å². The fourth-order valence-electron chi connectivity index (χ4n) is 2.79. The van der Waals surface area contributed by atoms with Crippen LogP contribution in [0.2, 0.25) is 0 Å². The second-order valence-corrected chi connectivity index (χ2v) is 5.41. The normalized spacial score (nSPS) is 21.8. The summed E-state index contributed by atoms with van der Waals surface area (Å²) in [5.41, 5.74) is 1.12. The van der Waals surface area contributed by atoms with E-state index in [0.29, 0.717) is 11.1 Å². The molecule has 1 saturated carbocycles. The molecule has 0 aliphatic heterocycles. The molecule has 1 amide bonds. The van der Waals surface area contributed by atoms with Gasteiger partial charge in [-0.3, -0.25) is 9.59 Å². The van der Waals surface area contributed by atoms with E-state index in [9.17, 15) is 9.59 Å². The predicted octanol–water partition coefficient (Wildman–Crippen LogP) is 2.00. The SMILES string of the molecule is CO[C@H]1CCCC[C@@H]1NC(=O)c1cccc(CC(=O)O)c1. The molecule has 0 spiro atoms. The summed E-state index contributed by atoms with van der Waals surface area (Å²) >= 11 is 0. The molecule has 0 unspecified atom stereocenters. The van der Waals surface area contributed by atoms with Gasteiger partial charge in [-0.1, -0.05) is 25.0 Å². The fourth-order valence-corrected chi connectivity index (χ4v) is 2.79. The third-order valence-corrected chi connectivity index (χ3v) is 3.87. The maximum Gasteiger partial charge on any atom is 0.307 e. The van der Waals surface area contributed by atoms with Gasteiger partial charge in [-0.15, -0.1) is 0 Å². The Bertz CT molecular complexity index is 515. The zero-order chi connectivity index (χ0) is 15.2. The molecule has 5 heteroatoms. The van der Waals surface area contributed by atoms with Crippen molar-refractivity contribution in [1.29, 1.82) is 0 Å². The number of ether oxygens (including phenoxy) is 1. The Morgan fingerprint density at radius 2 is 2.10 bits per heavy atom. The zero-order valence-electron chi connectivity index (χ0n) is 12.2. The molecular weight excluding hydrogens is 270 g/mol. The monoisotopic (exact) mass is 291 g/mol. The van der Waals surface area contributed by atoms with E-state index in [1.54, 1.807) is 31.4 Å². The molecule has 1 aromatic carbocycles. The number of aliphatic carboxylic acids is 1. The number of benzene rings is 1. The molecule has 2 atom stereocenters. The first-order chi connectivity index (χ1) is 10.1. The first-order valence-electron chi connectivity index (χ1n) is 7.24. The second-order valence-electron chi connectivity index (χ2n) is 5.41. The van der Waals surface area contributed by atoms with Gasteiger partial charge in [0.2, 0.25) is 0 Å². The number of rotatable bonds is 5. The molecule has 0 saturated heterocycles. The molecule has 0 aromatic heterocycles. The van der Waals surface area contributed by atoms with Crippen molar-refractivity contribution in [2.45, 2.75) is 44.2 Å². The van der Waals surface area contributed by atoms with Crippen molar-refractivity contribution in [2.24, 2.45) is 0 Å². The summed E-state index contributed by atoms with van der Waals surface area (Å²) in [4.78, 5) is 23.0. The quantitative estimate of drug-likeness (QED) is 0.870. The van der Waals surface area contributed by atoms with Gasteiger partial charge in [-0.2, -0.15) is 0 Å². The van der Waals surface area contributed by atoms with Crippen LogP contribution in [0.25, 0.3) is 0 Å². The lowest BCUT2D eigenvalue weighted by molar-refractivity contribution is -0.136. The van der Waals surface area contributed by atoms with Gasteiger partial charge < -0.3 is 15.2 Å². The molecule has 1 aromatic rings. The zero-order valence-corrected chi connectivity index (χ0v) is 12.2. The molecule has 1 fully saturated rings. The van der Waals surface area contributed by atoms with Crippen molar-refractivity contribution < 1.29 is 19.4 Å². The van der Waals surface area contributed by atoms with Gasteiger partial charge in [-0.05, 0) is 30.5 Å². The highest BCUT2D eigenvalue weighted by molar-refractivity contribution is 5.94. The fraction of sp³-hybridized carbons (Fsp3) is 0.500. The maximum absolute atomic E-state index is 12.3. The summed E-state index contributed by atoms with van der Waals surface area (Å²) in [7, 11) is 1.67. The van der Waals surface area contributed by atoms with E-state index in [1.807, 2.05) is 0 Å². The Morgan fingerprint density at radius 3 is 2.81 bits per heavy atom. The molecular formula is C16H21NO4. The molecule has 2 N–H and O–H groups in total. The average molecular weight is 291 g/mol. The number of carboxylic acid groups (broad SMARTS) is 1. The van der Waals surface area contributed by atoms with Gasteiger partial charge in [0.1, 0.15) is 0 Å². The van der Waals surface area contributed by atoms with Crippen LogP contribution in [0.4, 0.5) is 0 Å². The van der Waals surface area contributed by atoms with Crippen molar-refractivity contribution in [3.05, 3.63) is 35.4 Å². The van der Waals surface area contributed by atoms with Crippen LogP contribution < -0.4 is 5.32 Å². The molecule has 0 heterocycles. The standard InChI is InChI=1S/C16H21NO4/c1-21-14-8-3-2-7-13(14)17-16(20)12-6-4-5-11(9-12)10-15(18)19/h4-6,9,13-14H,2-3,7-8,10H2,1H3,(H,17,20)(H,18,19)/t13-,14-/m0/s1. The molecule has 21 heavy (non-hydrogen) atoms. The van der Waals surface area contributed by atoms with Crippen LogP contribution in [0, 0.1) is 0 Å². The van der Waals surface area contributed by atoms with E-state index in [4.69, 9.17) is 9.84 Å². The first kappa shape index (κ1) is 15.5. The number of hydrogen-bond donors (Lipinski definition) is 2. The van der Waals surface area contributed by atoms with Gasteiger partial charge >= 0.3 is 5.97 Å². The molecule has 5 nitrogen and oxygen atoms in total. The van der Waals surface area contributed by atoms with Crippen LogP contribution in [0.3, 0.4) is 0 Å². The van der Waals surface area contributed by atoms with Crippen LogP contribution in [-0.4, -0.2) is 36.2 Å². The summed E-state index contributed by atoms with van der Waals surface area (Å²) in [6.45, 7) is 0. The van der Waals surface area contributed by atoms with Crippen molar-refractivity contribution >= 4 is 11.9 Å². The van der Waals surface area contributed by atoms with Crippen molar-refractivity contribution in [3.63, 3.8) is 0 Å². The minimum atomic E-state index is -0.903. The highest BCUT2D eigenvalue weighted by Gasteiger charge is 2.26. The van der Waals surface area contributed by atoms with Crippen LogP contribution in [0.1, 0.15) is 41.6 Å². The van der Waals surface area contributed by atoms with E-state index in [0.717, 1.165) is 25.7 Å². The minimum absolute atomic E-state index is 0.0272. The summed E-state index contributed by atoms with van der Waals surface area (Å²) in [5, 5.41) is 11.8. The van der Waals surface area contributed by atoms with E-state index in [2.05, 4.69) is 5.32 Å². The number of carbonyl (C=O) groups is 2. The number of carboxylic acids is 1. The average Bonchev–Trinajstić information content (AvgIpc) is 2.47. The number of amides is 1. The number of nitrogens with one attached hydrogen (secondary N) is 1. The largest absolute Gasteiger partial charge is 0.481 e. The Labute approximate surface area is 124 Å². The van der Waals surface area contributed by atoms with Gasteiger partial charge in [0, 0.05) is 12.7 Å². The lowest BCUT2D eigenvalue weighted by Crippen LogP contribution is -2.45. The summed E-state index contributed by atoms with van der Waals surface area (Å²) in [6, 6.07) is 6.78. The lowest BCUT2D eigenvalue weighted by Gasteiger charge is -2.31. The smallest absolute Gasteiger partial charge is 0.307 e. The van der Waals surface area contributed by atoms with Crippen molar-refractivity contribution in [2.75, 3.05) is 7.11 Å². The number of hydrogen-bond acceptors (Lipinski definition) is 3. The summed E-state index contributed by atoms with van der Waals surface area (Å²) in [5.74, 6) is -1.07. The number of methoxy groups -OCH3 is 1. The minimum Gasteiger partial charge on any atom is -0.481 e. The summed E-state index contributed by atoms with van der Waals surface area (Å²) < 4.78 is 5.42. The molecule has 1 aliphatic carbocycles. The molecule has 1 aliphatic rings. The summed E-state index contributed by atoms with van der Waals surface area (Å²) in [6.07, 6.45) is 4.07. The molecule has 114 valence electrons. The topological polar surface area (TPSA) is 75.6 Å². The highest BCUT2D eigenvalue weighted by Crippen LogP contribution is 2.21. The van der Waals surface area contributed by atoms with E-state index >= 15 is 0 Å². The van der Waals surface area contributed by atoms with E-state index < -0.39 is 5.97 Å². The van der Waals surface area contributed by atoms with E-state index in [-0.39, 0.29) is 24.5 Å². The maximum atomic E-state index is 12.3. The van der Waals surface area contributed by atoms with Crippen LogP contribution in [-0.2, 0) is 16.0 Å². The van der Waals surface area contributed by atoms with Crippen LogP contribution in [0.5, 0.6) is 0 Å². The second kappa shape index (κ2) is 7.22. The molecule has 0 bridgehead atoms. The third kappa shape index (κ3) is 4.29. The number of carbonyl (C=O) groups excluding carboxylic acids is 1. The molecule has 0 radical (unpaired) electrons. The van der Waals surface area contributed by atoms with Crippen LogP contribution in [0.15, 0.2) is 24.3 Å². The van der Waals surface area contributed by atoms with E-state index in [1.165, 1.54) is 0 Å². The van der Waals surface area contributed by atoms with Gasteiger partial charge in [-0.25, -0.2) is 0 Å². The highest BCUT2D eigenvalue weighted by atomic mass is 16.5. The third-order valence-electron chi connectivity index (χ3n) is 3.87. The van der Waals surface area contributed by atoms with Crippen LogP contribution >= 0.6 is 0 Å². The predicted molar refractivity (Wildman–Crippen MR) is 78.3 cm³/mol. The van der Waals surface area contributed by atoms with Crippen molar-refractivity contribution in [1.82, 2.24) is 5.32 Å². The Balaban J connectivity index is 2.03. The van der Waals surface area contributed by atoms with Gasteiger partial charge in [0.25, 0.3) is 5.91 Å². The Morgan fingerprint density at radius 1 is 1.33 bits per heavy atom.